The molecular weight excluding hydrogens is 413 g/mol. The third-order valence-electron chi connectivity index (χ3n) is 4.68. The quantitative estimate of drug-likeness (QED) is 0.443. The lowest BCUT2D eigenvalue weighted by atomic mass is 10.2. The Morgan fingerprint density at radius 1 is 1.00 bits per heavy atom. The highest BCUT2D eigenvalue weighted by atomic mass is 19.1. The first-order valence-corrected chi connectivity index (χ1v) is 9.84. The van der Waals surface area contributed by atoms with E-state index in [9.17, 15) is 9.18 Å². The van der Waals surface area contributed by atoms with E-state index < -0.39 is 17.8 Å². The van der Waals surface area contributed by atoms with E-state index >= 15 is 0 Å². The molecule has 0 saturated heterocycles. The van der Waals surface area contributed by atoms with Crippen LogP contribution in [0.25, 0.3) is 22.8 Å². The Bertz CT molecular complexity index is 1210. The van der Waals surface area contributed by atoms with Gasteiger partial charge in [0.1, 0.15) is 5.75 Å². The molecular formula is C24H20FN3O4. The minimum Gasteiger partial charge on any atom is -0.497 e. The summed E-state index contributed by atoms with van der Waals surface area (Å²) < 4.78 is 29.6. The molecule has 4 aromatic rings. The van der Waals surface area contributed by atoms with Crippen LogP contribution in [0.2, 0.25) is 0 Å². The molecule has 0 aliphatic rings. The third kappa shape index (κ3) is 4.75. The highest BCUT2D eigenvalue weighted by Crippen LogP contribution is 2.25. The summed E-state index contributed by atoms with van der Waals surface area (Å²) in [5.41, 5.74) is 2.05. The fraction of sp³-hybridized carbons (Fsp3) is 0.125. The number of hydrogen-bond acceptors (Lipinski definition) is 6. The van der Waals surface area contributed by atoms with Gasteiger partial charge < -0.3 is 19.3 Å². The minimum atomic E-state index is -0.880. The summed E-state index contributed by atoms with van der Waals surface area (Å²) in [4.78, 5) is 16.8. The molecule has 1 unspecified atom stereocenters. The van der Waals surface area contributed by atoms with Crippen molar-refractivity contribution >= 4 is 11.6 Å². The second-order valence-corrected chi connectivity index (χ2v) is 6.91. The van der Waals surface area contributed by atoms with Gasteiger partial charge in [-0.05, 0) is 67.6 Å². The average molecular weight is 433 g/mol. The van der Waals surface area contributed by atoms with Crippen LogP contribution in [0, 0.1) is 5.82 Å². The second-order valence-electron chi connectivity index (χ2n) is 6.91. The van der Waals surface area contributed by atoms with Gasteiger partial charge in [0.2, 0.25) is 5.82 Å². The van der Waals surface area contributed by atoms with Crippen molar-refractivity contribution in [1.82, 2.24) is 10.1 Å². The number of carbonyl (C=O) groups excluding carboxylic acids is 1. The zero-order valence-electron chi connectivity index (χ0n) is 17.4. The zero-order chi connectivity index (χ0) is 22.5. The molecule has 3 aromatic carbocycles. The Labute approximate surface area is 183 Å². The topological polar surface area (TPSA) is 86.5 Å². The summed E-state index contributed by atoms with van der Waals surface area (Å²) >= 11 is 0. The lowest BCUT2D eigenvalue weighted by molar-refractivity contribution is -0.122. The second kappa shape index (κ2) is 9.30. The first kappa shape index (κ1) is 21.0. The van der Waals surface area contributed by atoms with Crippen molar-refractivity contribution in [2.75, 3.05) is 12.4 Å². The van der Waals surface area contributed by atoms with Crippen molar-refractivity contribution in [3.63, 3.8) is 0 Å². The Balaban J connectivity index is 1.40. The molecule has 0 fully saturated rings. The van der Waals surface area contributed by atoms with Gasteiger partial charge in [-0.2, -0.15) is 4.98 Å². The number of para-hydroxylation sites is 1. The maximum absolute atomic E-state index is 13.7. The van der Waals surface area contributed by atoms with Crippen LogP contribution >= 0.6 is 0 Å². The molecule has 1 N–H and O–H groups in total. The van der Waals surface area contributed by atoms with Crippen LogP contribution in [-0.2, 0) is 4.79 Å². The fourth-order valence-electron chi connectivity index (χ4n) is 2.92. The first-order valence-electron chi connectivity index (χ1n) is 9.84. The largest absolute Gasteiger partial charge is 0.497 e. The van der Waals surface area contributed by atoms with Gasteiger partial charge in [-0.3, -0.25) is 4.79 Å². The van der Waals surface area contributed by atoms with Crippen molar-refractivity contribution in [2.45, 2.75) is 13.0 Å². The van der Waals surface area contributed by atoms with Crippen LogP contribution in [-0.4, -0.2) is 29.3 Å². The lowest BCUT2D eigenvalue weighted by Gasteiger charge is -2.15. The van der Waals surface area contributed by atoms with Gasteiger partial charge in [-0.25, -0.2) is 4.39 Å². The standard InChI is InChI=1S/C24H20FN3O4/c1-15(31-21-6-4-3-5-20(21)25)23(29)26-18-11-7-17(8-12-18)24-27-22(28-32-24)16-9-13-19(30-2)14-10-16/h3-15H,1-2H3,(H,26,29). The molecule has 0 radical (unpaired) electrons. The maximum Gasteiger partial charge on any atom is 0.265 e. The van der Waals surface area contributed by atoms with Gasteiger partial charge >= 0.3 is 0 Å². The molecule has 0 aliphatic heterocycles. The molecule has 8 heteroatoms. The number of carbonyl (C=O) groups is 1. The van der Waals surface area contributed by atoms with E-state index in [0.29, 0.717) is 23.0 Å². The van der Waals surface area contributed by atoms with Crippen LogP contribution in [0.1, 0.15) is 6.92 Å². The normalized spacial score (nSPS) is 11.6. The first-order chi connectivity index (χ1) is 15.5. The van der Waals surface area contributed by atoms with Crippen LogP contribution in [0.15, 0.2) is 77.3 Å². The molecule has 0 saturated carbocycles. The van der Waals surface area contributed by atoms with E-state index in [0.717, 1.165) is 11.3 Å². The molecule has 1 atom stereocenters. The SMILES string of the molecule is COc1ccc(-c2noc(-c3ccc(NC(=O)C(C)Oc4ccccc4F)cc3)n2)cc1. The summed E-state index contributed by atoms with van der Waals surface area (Å²) in [6.07, 6.45) is -0.880. The molecule has 0 aliphatic carbocycles. The summed E-state index contributed by atoms with van der Waals surface area (Å²) in [6.45, 7) is 1.55. The number of anilines is 1. The number of nitrogens with zero attached hydrogens (tertiary/aromatic N) is 2. The average Bonchev–Trinajstić information content (AvgIpc) is 3.31. The highest BCUT2D eigenvalue weighted by Gasteiger charge is 2.17. The summed E-state index contributed by atoms with van der Waals surface area (Å²) in [5, 5.41) is 6.75. The smallest absolute Gasteiger partial charge is 0.265 e. The van der Waals surface area contributed by atoms with Gasteiger partial charge in [0, 0.05) is 16.8 Å². The molecule has 7 nitrogen and oxygen atoms in total. The number of amides is 1. The molecule has 4 rings (SSSR count). The van der Waals surface area contributed by atoms with Gasteiger partial charge in [0.05, 0.1) is 7.11 Å². The Kier molecular flexibility index (Phi) is 6.12. The molecule has 1 heterocycles. The Hall–Kier alpha value is -4.20. The predicted molar refractivity (Wildman–Crippen MR) is 117 cm³/mol. The molecule has 1 amide bonds. The number of ether oxygens (including phenoxy) is 2. The van der Waals surface area contributed by atoms with E-state index in [1.165, 1.54) is 12.1 Å². The van der Waals surface area contributed by atoms with E-state index in [-0.39, 0.29) is 5.75 Å². The van der Waals surface area contributed by atoms with E-state index in [1.54, 1.807) is 50.4 Å². The van der Waals surface area contributed by atoms with Crippen LogP contribution in [0.4, 0.5) is 10.1 Å². The van der Waals surface area contributed by atoms with Crippen LogP contribution in [0.3, 0.4) is 0 Å². The molecule has 0 bridgehead atoms. The van der Waals surface area contributed by atoms with Crippen molar-refractivity contribution in [2.24, 2.45) is 0 Å². The summed E-state index contributed by atoms with van der Waals surface area (Å²) in [6, 6.07) is 20.2. The van der Waals surface area contributed by atoms with Gasteiger partial charge in [-0.15, -0.1) is 0 Å². The Morgan fingerprint density at radius 2 is 1.69 bits per heavy atom. The maximum atomic E-state index is 13.7. The van der Waals surface area contributed by atoms with E-state index in [1.807, 2.05) is 24.3 Å². The van der Waals surface area contributed by atoms with Crippen molar-refractivity contribution < 1.29 is 23.2 Å². The van der Waals surface area contributed by atoms with Crippen LogP contribution < -0.4 is 14.8 Å². The van der Waals surface area contributed by atoms with Crippen molar-refractivity contribution in [3.8, 4) is 34.3 Å². The van der Waals surface area contributed by atoms with Gasteiger partial charge in [0.15, 0.2) is 17.7 Å². The van der Waals surface area contributed by atoms with Gasteiger partial charge in [-0.1, -0.05) is 17.3 Å². The number of methoxy groups -OCH3 is 1. The van der Waals surface area contributed by atoms with Crippen molar-refractivity contribution in [3.05, 3.63) is 78.6 Å². The number of benzene rings is 3. The number of hydrogen-bond donors (Lipinski definition) is 1. The number of rotatable bonds is 7. The fourth-order valence-corrected chi connectivity index (χ4v) is 2.92. The molecule has 0 spiro atoms. The molecule has 1 aromatic heterocycles. The number of nitrogens with one attached hydrogen (secondary N) is 1. The summed E-state index contributed by atoms with van der Waals surface area (Å²) in [5.74, 6) is 0.646. The van der Waals surface area contributed by atoms with E-state index in [4.69, 9.17) is 14.0 Å². The van der Waals surface area contributed by atoms with Crippen LogP contribution in [0.5, 0.6) is 11.5 Å². The third-order valence-corrected chi connectivity index (χ3v) is 4.68. The number of halogens is 1. The number of aromatic nitrogens is 2. The van der Waals surface area contributed by atoms with Crippen molar-refractivity contribution in [1.29, 1.82) is 0 Å². The molecule has 162 valence electrons. The summed E-state index contributed by atoms with van der Waals surface area (Å²) in [7, 11) is 1.60. The predicted octanol–water partition coefficient (Wildman–Crippen LogP) is 4.96. The monoisotopic (exact) mass is 433 g/mol. The van der Waals surface area contributed by atoms with E-state index in [2.05, 4.69) is 15.5 Å². The van der Waals surface area contributed by atoms with Gasteiger partial charge in [0.25, 0.3) is 11.8 Å². The Morgan fingerprint density at radius 3 is 2.38 bits per heavy atom. The lowest BCUT2D eigenvalue weighted by Crippen LogP contribution is -2.30. The zero-order valence-corrected chi connectivity index (χ0v) is 17.4. The minimum absolute atomic E-state index is 0.0227. The molecule has 32 heavy (non-hydrogen) atoms. The highest BCUT2D eigenvalue weighted by molar-refractivity contribution is 5.94.